The number of hydrogen-bond acceptors (Lipinski definition) is 2. The zero-order chi connectivity index (χ0) is 16.9. The fraction of sp³-hybridized carbons (Fsp3) is 0.950. The van der Waals surface area contributed by atoms with Crippen molar-refractivity contribution in [3.05, 3.63) is 0 Å². The van der Waals surface area contributed by atoms with E-state index in [0.29, 0.717) is 6.04 Å². The van der Waals surface area contributed by atoms with E-state index in [4.69, 9.17) is 4.99 Å². The van der Waals surface area contributed by atoms with Gasteiger partial charge in [0.2, 0.25) is 0 Å². The molecule has 0 aromatic carbocycles. The minimum atomic E-state index is 0. The lowest BCUT2D eigenvalue weighted by molar-refractivity contribution is 0.365. The van der Waals surface area contributed by atoms with Crippen molar-refractivity contribution in [2.45, 2.75) is 90.0 Å². The molecule has 2 aliphatic carbocycles. The number of nitrogens with zero attached hydrogens (tertiary/aromatic N) is 1. The lowest BCUT2D eigenvalue weighted by Crippen LogP contribution is -2.46. The highest BCUT2D eigenvalue weighted by Crippen LogP contribution is 2.23. The molecule has 0 aromatic heterocycles. The molecule has 0 unspecified atom stereocenters. The smallest absolute Gasteiger partial charge is 0.191 e. The van der Waals surface area contributed by atoms with E-state index in [1.807, 2.05) is 0 Å². The van der Waals surface area contributed by atoms with Crippen LogP contribution in [0.2, 0.25) is 0 Å². The molecule has 0 atom stereocenters. The first-order valence-electron chi connectivity index (χ1n) is 10.6. The molecule has 3 N–H and O–H groups in total. The Hall–Kier alpha value is -0.770. The Morgan fingerprint density at radius 3 is 2.33 bits per heavy atom. The van der Waals surface area contributed by atoms with E-state index in [1.54, 1.807) is 0 Å². The van der Waals surface area contributed by atoms with Crippen LogP contribution in [0, 0.1) is 5.92 Å². The van der Waals surface area contributed by atoms with Crippen molar-refractivity contribution >= 4 is 5.96 Å². The second kappa shape index (κ2) is 12.6. The average Bonchev–Trinajstić information content (AvgIpc) is 2.64. The first kappa shape index (κ1) is 19.6. The molecule has 2 fully saturated rings. The zero-order valence-corrected chi connectivity index (χ0v) is 15.9. The molecule has 2 rings (SSSR count). The summed E-state index contributed by atoms with van der Waals surface area (Å²) < 4.78 is 0. The van der Waals surface area contributed by atoms with E-state index in [9.17, 15) is 0 Å². The van der Waals surface area contributed by atoms with Crippen LogP contribution in [0.15, 0.2) is 4.99 Å². The summed E-state index contributed by atoms with van der Waals surface area (Å²) in [7, 11) is 0. The second-order valence-electron chi connectivity index (χ2n) is 7.70. The number of rotatable bonds is 9. The fourth-order valence-corrected chi connectivity index (χ4v) is 3.88. The largest absolute Gasteiger partial charge is 0.355 e. The molecule has 0 radical (unpaired) electrons. The van der Waals surface area contributed by atoms with Crippen LogP contribution in [-0.2, 0) is 0 Å². The third-order valence-electron chi connectivity index (χ3n) is 5.48. The minimum Gasteiger partial charge on any atom is -0.355 e. The molecule has 24 heavy (non-hydrogen) atoms. The van der Waals surface area contributed by atoms with Crippen LogP contribution in [0.3, 0.4) is 0 Å². The number of unbranched alkanes of at least 4 members (excludes halogenated alkanes) is 1. The monoisotopic (exact) mass is 342 g/mol. The van der Waals surface area contributed by atoms with Gasteiger partial charge in [-0.2, -0.15) is 0 Å². The van der Waals surface area contributed by atoms with Crippen LogP contribution in [0.4, 0.5) is 0 Å². The molecule has 0 aliphatic heterocycles. The van der Waals surface area contributed by atoms with E-state index in [0.717, 1.165) is 38.1 Å². The van der Waals surface area contributed by atoms with Crippen LogP contribution >= 0.6 is 0 Å². The highest BCUT2D eigenvalue weighted by atomic mass is 15.2. The summed E-state index contributed by atoms with van der Waals surface area (Å²) in [6.45, 7) is 6.36. The number of aliphatic imine (C=N–C) groups is 1. The molecule has 4 heteroatoms. The van der Waals surface area contributed by atoms with E-state index < -0.39 is 0 Å². The van der Waals surface area contributed by atoms with Crippen molar-refractivity contribution in [3.8, 4) is 0 Å². The van der Waals surface area contributed by atoms with Gasteiger partial charge in [-0.3, -0.25) is 4.99 Å². The van der Waals surface area contributed by atoms with Gasteiger partial charge in [-0.25, -0.2) is 0 Å². The summed E-state index contributed by atoms with van der Waals surface area (Å²) >= 11 is 0. The Morgan fingerprint density at radius 2 is 1.62 bits per heavy atom. The predicted molar refractivity (Wildman–Crippen MR) is 111 cm³/mol. The van der Waals surface area contributed by atoms with Gasteiger partial charge >= 0.3 is 0 Å². The van der Waals surface area contributed by atoms with Crippen molar-refractivity contribution in [1.29, 1.82) is 0 Å². The van der Waals surface area contributed by atoms with Gasteiger partial charge in [0.05, 0.1) is 0 Å². The SMILES string of the molecule is CCCCNCCNC(=NCC1CCCCC1)NC1CCCCC1.[HH].[HH].[HH]. The molecule has 2 aliphatic rings. The average molecular weight is 343 g/mol. The predicted octanol–water partition coefficient (Wildman–Crippen LogP) is 4.56. The normalized spacial score (nSPS) is 21.0. The van der Waals surface area contributed by atoms with Crippen LogP contribution in [0.1, 0.15) is 88.3 Å². The van der Waals surface area contributed by atoms with Gasteiger partial charge in [-0.15, -0.1) is 0 Å². The topological polar surface area (TPSA) is 48.5 Å². The molecule has 0 amide bonds. The third kappa shape index (κ3) is 8.36. The molecule has 146 valence electrons. The summed E-state index contributed by atoms with van der Waals surface area (Å²) in [5.74, 6) is 1.87. The van der Waals surface area contributed by atoms with Gasteiger partial charge in [0.1, 0.15) is 0 Å². The zero-order valence-electron chi connectivity index (χ0n) is 15.9. The van der Waals surface area contributed by atoms with Crippen molar-refractivity contribution in [2.24, 2.45) is 10.9 Å². The number of hydrogen-bond donors (Lipinski definition) is 3. The molecule has 0 aromatic rings. The van der Waals surface area contributed by atoms with Crippen molar-refractivity contribution in [3.63, 3.8) is 0 Å². The van der Waals surface area contributed by atoms with Crippen LogP contribution < -0.4 is 16.0 Å². The molecule has 4 nitrogen and oxygen atoms in total. The Morgan fingerprint density at radius 1 is 0.917 bits per heavy atom. The van der Waals surface area contributed by atoms with Gasteiger partial charge < -0.3 is 16.0 Å². The van der Waals surface area contributed by atoms with E-state index in [1.165, 1.54) is 77.0 Å². The lowest BCUT2D eigenvalue weighted by Gasteiger charge is -2.26. The highest BCUT2D eigenvalue weighted by molar-refractivity contribution is 5.80. The van der Waals surface area contributed by atoms with Crippen molar-refractivity contribution < 1.29 is 4.28 Å². The molecule has 0 saturated heterocycles. The summed E-state index contributed by atoms with van der Waals surface area (Å²) in [5, 5.41) is 10.8. The van der Waals surface area contributed by atoms with E-state index in [-0.39, 0.29) is 4.28 Å². The Kier molecular flexibility index (Phi) is 10.2. The summed E-state index contributed by atoms with van der Waals surface area (Å²) in [5.41, 5.74) is 0. The molecule has 0 heterocycles. The first-order chi connectivity index (χ1) is 11.9. The number of guanidine groups is 1. The van der Waals surface area contributed by atoms with Crippen molar-refractivity contribution in [1.82, 2.24) is 16.0 Å². The summed E-state index contributed by atoms with van der Waals surface area (Å²) in [6, 6.07) is 0.629. The van der Waals surface area contributed by atoms with Crippen LogP contribution in [-0.4, -0.2) is 38.2 Å². The maximum absolute atomic E-state index is 4.94. The highest BCUT2D eigenvalue weighted by Gasteiger charge is 2.16. The Balaban J connectivity index is 0. The number of nitrogens with one attached hydrogen (secondary N) is 3. The second-order valence-corrected chi connectivity index (χ2v) is 7.70. The lowest BCUT2D eigenvalue weighted by atomic mass is 9.89. The molecular formula is C20H46N4. The quantitative estimate of drug-likeness (QED) is 0.327. The Bertz CT molecular complexity index is 344. The maximum atomic E-state index is 4.94. The fourth-order valence-electron chi connectivity index (χ4n) is 3.88. The van der Waals surface area contributed by atoms with Crippen molar-refractivity contribution in [2.75, 3.05) is 26.2 Å². The molecule has 0 bridgehead atoms. The van der Waals surface area contributed by atoms with Gasteiger partial charge in [-0.1, -0.05) is 51.9 Å². The van der Waals surface area contributed by atoms with Crippen LogP contribution in [0.5, 0.6) is 0 Å². The van der Waals surface area contributed by atoms with Gasteiger partial charge in [0.15, 0.2) is 5.96 Å². The van der Waals surface area contributed by atoms with E-state index in [2.05, 4.69) is 22.9 Å². The van der Waals surface area contributed by atoms with E-state index >= 15 is 0 Å². The summed E-state index contributed by atoms with van der Waals surface area (Å²) in [4.78, 5) is 4.94. The first-order valence-corrected chi connectivity index (χ1v) is 10.6. The standard InChI is InChI=1S/C20H40N4.3H2/c1-2-3-14-21-15-16-22-20(24-19-12-8-5-9-13-19)23-17-18-10-6-4-7-11-18;;;/h18-19,21H,2-17H2,1H3,(H2,22,23,24);3*1H. The minimum absolute atomic E-state index is 0. The third-order valence-corrected chi connectivity index (χ3v) is 5.48. The van der Waals surface area contributed by atoms with Gasteiger partial charge in [-0.05, 0) is 44.6 Å². The summed E-state index contributed by atoms with van der Waals surface area (Å²) in [6.07, 6.45) is 16.3. The maximum Gasteiger partial charge on any atom is 0.191 e. The van der Waals surface area contributed by atoms with Crippen LogP contribution in [0.25, 0.3) is 0 Å². The van der Waals surface area contributed by atoms with Gasteiger partial charge in [0.25, 0.3) is 0 Å². The Labute approximate surface area is 154 Å². The molecular weight excluding hydrogens is 296 g/mol. The molecule has 2 saturated carbocycles. The molecule has 0 spiro atoms. The van der Waals surface area contributed by atoms with Gasteiger partial charge in [0, 0.05) is 30.0 Å².